The Morgan fingerprint density at radius 2 is 1.72 bits per heavy atom. The van der Waals surface area contributed by atoms with Crippen LogP contribution in [0.15, 0.2) is 71.3 Å². The smallest absolute Gasteiger partial charge is 0.291 e. The van der Waals surface area contributed by atoms with Gasteiger partial charge in [0.15, 0.2) is 10.9 Å². The summed E-state index contributed by atoms with van der Waals surface area (Å²) in [6.45, 7) is 2.68. The van der Waals surface area contributed by atoms with Gasteiger partial charge in [0, 0.05) is 11.4 Å². The van der Waals surface area contributed by atoms with Gasteiger partial charge in [-0.25, -0.2) is 0 Å². The predicted octanol–water partition coefficient (Wildman–Crippen LogP) is 5.23. The molecule has 32 heavy (non-hydrogen) atoms. The molecular weight excluding hydrogens is 426 g/mol. The number of para-hydroxylation sites is 1. The Kier molecular flexibility index (Phi) is 8.39. The summed E-state index contributed by atoms with van der Waals surface area (Å²) in [6, 6.07) is 17.2. The molecule has 3 rings (SSSR count). The molecule has 0 saturated carbocycles. The minimum Gasteiger partial charge on any atom is -0.493 e. The Hall–Kier alpha value is -3.65. The highest BCUT2D eigenvalue weighted by Gasteiger charge is 2.14. The van der Waals surface area contributed by atoms with Crippen LogP contribution in [0.4, 0.5) is 11.4 Å². The van der Waals surface area contributed by atoms with Crippen LogP contribution in [0.3, 0.4) is 0 Å². The number of hydrogen-bond acceptors (Lipinski definition) is 5. The lowest BCUT2D eigenvalue weighted by atomic mass is 10.2. The zero-order chi connectivity index (χ0) is 22.8. The summed E-state index contributed by atoms with van der Waals surface area (Å²) in [4.78, 5) is 24.8. The van der Waals surface area contributed by atoms with Crippen LogP contribution in [0.1, 0.15) is 47.1 Å². The van der Waals surface area contributed by atoms with Crippen molar-refractivity contribution >= 4 is 40.5 Å². The molecule has 0 aliphatic rings. The second-order valence-electron chi connectivity index (χ2n) is 6.97. The van der Waals surface area contributed by atoms with Gasteiger partial charge < -0.3 is 19.8 Å². The van der Waals surface area contributed by atoms with E-state index in [1.54, 1.807) is 54.6 Å². The number of unbranched alkanes of at least 4 members (excludes halogenated alkanes) is 2. The van der Waals surface area contributed by atoms with Crippen molar-refractivity contribution in [1.29, 1.82) is 0 Å². The van der Waals surface area contributed by atoms with Crippen molar-refractivity contribution < 1.29 is 18.7 Å². The Morgan fingerprint density at radius 3 is 2.47 bits per heavy atom. The lowest BCUT2D eigenvalue weighted by molar-refractivity contribution is 0.0971. The number of nitrogens with one attached hydrogen (secondary N) is 3. The lowest BCUT2D eigenvalue weighted by Crippen LogP contribution is -2.34. The first-order valence-electron chi connectivity index (χ1n) is 10.4. The van der Waals surface area contributed by atoms with Crippen molar-refractivity contribution in [2.45, 2.75) is 26.2 Å². The molecule has 2 aromatic carbocycles. The molecule has 3 aromatic rings. The fourth-order valence-electron chi connectivity index (χ4n) is 2.92. The quantitative estimate of drug-likeness (QED) is 0.305. The Morgan fingerprint density at radius 1 is 0.938 bits per heavy atom. The third-order valence-electron chi connectivity index (χ3n) is 4.49. The van der Waals surface area contributed by atoms with E-state index in [9.17, 15) is 9.59 Å². The van der Waals surface area contributed by atoms with Crippen molar-refractivity contribution in [1.82, 2.24) is 5.32 Å². The SMILES string of the molecule is CCCCCOc1ccccc1C(=O)NC(=S)Nc1cccc(NC(=O)c2ccco2)c1. The van der Waals surface area contributed by atoms with Gasteiger partial charge in [-0.1, -0.05) is 38.0 Å². The van der Waals surface area contributed by atoms with E-state index in [2.05, 4.69) is 22.9 Å². The Balaban J connectivity index is 1.58. The molecule has 0 aliphatic heterocycles. The molecule has 7 nitrogen and oxygen atoms in total. The standard InChI is InChI=1S/C24H25N3O4S/c1-2-3-6-14-30-20-12-5-4-11-19(20)22(28)27-24(32)26-18-10-7-9-17(16-18)25-23(29)21-13-8-15-31-21/h4-5,7-13,15-16H,2-3,6,14H2,1H3,(H,25,29)(H2,26,27,28,32). The molecule has 0 unspecified atom stereocenters. The maximum Gasteiger partial charge on any atom is 0.291 e. The van der Waals surface area contributed by atoms with Crippen LogP contribution in [0.5, 0.6) is 5.75 Å². The zero-order valence-electron chi connectivity index (χ0n) is 17.7. The van der Waals surface area contributed by atoms with Gasteiger partial charge in [0.05, 0.1) is 18.4 Å². The number of furan rings is 1. The number of thiocarbonyl (C=S) groups is 1. The number of anilines is 2. The molecule has 0 aliphatic carbocycles. The second-order valence-corrected chi connectivity index (χ2v) is 7.38. The number of carbonyl (C=O) groups excluding carboxylic acids is 2. The fraction of sp³-hybridized carbons (Fsp3) is 0.208. The highest BCUT2D eigenvalue weighted by atomic mass is 32.1. The molecule has 0 atom stereocenters. The molecule has 0 fully saturated rings. The van der Waals surface area contributed by atoms with Crippen molar-refractivity contribution in [2.24, 2.45) is 0 Å². The topological polar surface area (TPSA) is 92.6 Å². The van der Waals surface area contributed by atoms with Crippen molar-refractivity contribution in [3.05, 3.63) is 78.3 Å². The van der Waals surface area contributed by atoms with E-state index in [0.717, 1.165) is 19.3 Å². The minimum atomic E-state index is -0.365. The lowest BCUT2D eigenvalue weighted by Gasteiger charge is -2.13. The second kappa shape index (κ2) is 11.7. The maximum atomic E-state index is 12.7. The summed E-state index contributed by atoms with van der Waals surface area (Å²) in [5.74, 6) is 0.00250. The van der Waals surface area contributed by atoms with E-state index in [1.807, 2.05) is 6.07 Å². The van der Waals surface area contributed by atoms with E-state index >= 15 is 0 Å². The molecule has 3 N–H and O–H groups in total. The van der Waals surface area contributed by atoms with Gasteiger partial charge in [0.2, 0.25) is 0 Å². The number of amides is 2. The zero-order valence-corrected chi connectivity index (χ0v) is 18.5. The van der Waals surface area contributed by atoms with E-state index in [4.69, 9.17) is 21.4 Å². The summed E-state index contributed by atoms with van der Waals surface area (Å²) in [7, 11) is 0. The molecule has 166 valence electrons. The molecule has 0 bridgehead atoms. The molecular formula is C24H25N3O4S. The van der Waals surface area contributed by atoms with Crippen molar-refractivity contribution in [3.63, 3.8) is 0 Å². The molecule has 1 aromatic heterocycles. The number of ether oxygens (including phenoxy) is 1. The number of carbonyl (C=O) groups is 2. The monoisotopic (exact) mass is 451 g/mol. The first kappa shape index (κ1) is 23.0. The molecule has 0 radical (unpaired) electrons. The highest BCUT2D eigenvalue weighted by molar-refractivity contribution is 7.80. The van der Waals surface area contributed by atoms with Crippen LogP contribution in [0, 0.1) is 0 Å². The molecule has 1 heterocycles. The fourth-order valence-corrected chi connectivity index (χ4v) is 3.13. The summed E-state index contributed by atoms with van der Waals surface area (Å²) in [6.07, 6.45) is 4.53. The van der Waals surface area contributed by atoms with Gasteiger partial charge in [0.1, 0.15) is 5.75 Å². The van der Waals surface area contributed by atoms with Crippen LogP contribution in [-0.2, 0) is 0 Å². The average Bonchev–Trinajstić information content (AvgIpc) is 3.32. The van der Waals surface area contributed by atoms with Crippen LogP contribution in [-0.4, -0.2) is 23.5 Å². The van der Waals surface area contributed by atoms with Crippen molar-refractivity contribution in [2.75, 3.05) is 17.2 Å². The van der Waals surface area contributed by atoms with Crippen LogP contribution < -0.4 is 20.7 Å². The third kappa shape index (κ3) is 6.68. The van der Waals surface area contributed by atoms with Crippen LogP contribution in [0.2, 0.25) is 0 Å². The van der Waals surface area contributed by atoms with Crippen LogP contribution in [0.25, 0.3) is 0 Å². The van der Waals surface area contributed by atoms with E-state index in [1.165, 1.54) is 6.26 Å². The Bertz CT molecular complexity index is 1070. The van der Waals surface area contributed by atoms with Gasteiger partial charge in [-0.05, 0) is 61.1 Å². The highest BCUT2D eigenvalue weighted by Crippen LogP contribution is 2.19. The molecule has 0 spiro atoms. The largest absolute Gasteiger partial charge is 0.493 e. The molecule has 8 heteroatoms. The van der Waals surface area contributed by atoms with Gasteiger partial charge in [-0.3, -0.25) is 14.9 Å². The first-order valence-corrected chi connectivity index (χ1v) is 10.8. The number of rotatable bonds is 9. The summed E-state index contributed by atoms with van der Waals surface area (Å²) < 4.78 is 10.9. The average molecular weight is 452 g/mol. The van der Waals surface area contributed by atoms with Gasteiger partial charge >= 0.3 is 0 Å². The predicted molar refractivity (Wildman–Crippen MR) is 128 cm³/mol. The van der Waals surface area contributed by atoms with Gasteiger partial charge in [-0.15, -0.1) is 0 Å². The Labute approximate surface area is 192 Å². The van der Waals surface area contributed by atoms with E-state index in [-0.39, 0.29) is 22.7 Å². The van der Waals surface area contributed by atoms with Crippen LogP contribution >= 0.6 is 12.2 Å². The summed E-state index contributed by atoms with van der Waals surface area (Å²) in [5.41, 5.74) is 1.57. The maximum absolute atomic E-state index is 12.7. The van der Waals surface area contributed by atoms with Gasteiger partial charge in [-0.2, -0.15) is 0 Å². The summed E-state index contributed by atoms with van der Waals surface area (Å²) >= 11 is 5.29. The van der Waals surface area contributed by atoms with E-state index in [0.29, 0.717) is 29.3 Å². The van der Waals surface area contributed by atoms with Gasteiger partial charge in [0.25, 0.3) is 11.8 Å². The first-order chi connectivity index (χ1) is 15.6. The van der Waals surface area contributed by atoms with E-state index < -0.39 is 0 Å². The molecule has 0 saturated heterocycles. The van der Waals surface area contributed by atoms with Crippen molar-refractivity contribution in [3.8, 4) is 5.75 Å². The normalized spacial score (nSPS) is 10.3. The third-order valence-corrected chi connectivity index (χ3v) is 4.69. The number of benzene rings is 2. The minimum absolute atomic E-state index is 0.130. The summed E-state index contributed by atoms with van der Waals surface area (Å²) in [5, 5.41) is 8.49. The molecule has 2 amide bonds. The number of hydrogen-bond donors (Lipinski definition) is 3.